The van der Waals surface area contributed by atoms with E-state index in [1.54, 1.807) is 42.5 Å². The Morgan fingerprint density at radius 2 is 1.76 bits per heavy atom. The van der Waals surface area contributed by atoms with Crippen molar-refractivity contribution >= 4 is 45.4 Å². The molecular formula is C28H37ClF3N7O6S. The molecule has 3 rings (SSSR count). The Morgan fingerprint density at radius 3 is 2.35 bits per heavy atom. The summed E-state index contributed by atoms with van der Waals surface area (Å²) in [5, 5.41) is 10.5. The number of carbonyl (C=O) groups is 3. The SMILES string of the molecule is NCc1ccc(Cl)cc1CNC(=O)[C@@H]1CCCN1C(=O)[C@@H](CCCN=C(N)N)NS(=O)(=O)Cc1ccccc1.O=C(O)C(F)(F)F. The van der Waals surface area contributed by atoms with Crippen LogP contribution < -0.4 is 27.2 Å². The molecule has 2 aromatic rings. The van der Waals surface area contributed by atoms with Crippen LogP contribution in [0.3, 0.4) is 0 Å². The van der Waals surface area contributed by atoms with Crippen molar-refractivity contribution in [2.24, 2.45) is 22.2 Å². The predicted molar refractivity (Wildman–Crippen MR) is 166 cm³/mol. The highest BCUT2D eigenvalue weighted by Crippen LogP contribution is 2.22. The lowest BCUT2D eigenvalue weighted by atomic mass is 10.1. The van der Waals surface area contributed by atoms with Crippen LogP contribution in [0.15, 0.2) is 53.5 Å². The topological polar surface area (TPSA) is 223 Å². The molecule has 0 saturated carbocycles. The molecule has 0 spiro atoms. The van der Waals surface area contributed by atoms with Gasteiger partial charge in [0.05, 0.1) is 5.75 Å². The number of carboxylic acid groups (broad SMARTS) is 1. The molecule has 1 aliphatic heterocycles. The standard InChI is InChI=1S/C26H36ClN7O4S.C2HF3O2/c27-21-11-10-19(15-28)20(14-21)16-32-24(35)23-9-5-13-34(23)25(36)22(8-4-12-31-26(29)30)33-39(37,38)17-18-6-2-1-3-7-18;3-2(4,5)1(6)7/h1-3,6-7,10-11,14,22-23,33H,4-5,8-9,12-13,15-17,28H2,(H,32,35)(H4,29,30,31);(H,6,7)/t22-,23+;/m1./s1. The predicted octanol–water partition coefficient (Wildman–Crippen LogP) is 1.58. The fourth-order valence-electron chi connectivity index (χ4n) is 4.55. The number of aliphatic imine (C=N–C) groups is 1. The second kappa shape index (κ2) is 17.7. The number of guanidine groups is 1. The maximum Gasteiger partial charge on any atom is 0.490 e. The zero-order valence-corrected chi connectivity index (χ0v) is 26.2. The van der Waals surface area contributed by atoms with Gasteiger partial charge in [-0.2, -0.15) is 13.2 Å². The molecule has 0 aliphatic carbocycles. The maximum atomic E-state index is 13.6. The van der Waals surface area contributed by atoms with Gasteiger partial charge in [-0.15, -0.1) is 0 Å². The van der Waals surface area contributed by atoms with E-state index in [1.165, 1.54) is 4.90 Å². The van der Waals surface area contributed by atoms with Crippen LogP contribution in [0.5, 0.6) is 0 Å². The molecule has 13 nitrogen and oxygen atoms in total. The summed E-state index contributed by atoms with van der Waals surface area (Å²) in [5.74, 6) is -3.91. The summed E-state index contributed by atoms with van der Waals surface area (Å²) in [7, 11) is -3.87. The third-order valence-electron chi connectivity index (χ3n) is 6.69. The minimum atomic E-state index is -5.08. The molecule has 0 bridgehead atoms. The maximum absolute atomic E-state index is 13.6. The third kappa shape index (κ3) is 12.8. The van der Waals surface area contributed by atoms with Crippen molar-refractivity contribution in [3.8, 4) is 0 Å². The lowest BCUT2D eigenvalue weighted by molar-refractivity contribution is -0.192. The fourth-order valence-corrected chi connectivity index (χ4v) is 6.11. The minimum absolute atomic E-state index is 0.0868. The molecule has 254 valence electrons. The highest BCUT2D eigenvalue weighted by Gasteiger charge is 2.39. The number of alkyl halides is 3. The molecule has 1 saturated heterocycles. The Labute approximate surface area is 269 Å². The molecule has 9 N–H and O–H groups in total. The van der Waals surface area contributed by atoms with Gasteiger partial charge in [-0.25, -0.2) is 17.9 Å². The first-order chi connectivity index (χ1) is 21.5. The van der Waals surface area contributed by atoms with Gasteiger partial charge in [0, 0.05) is 31.2 Å². The van der Waals surface area contributed by atoms with Crippen LogP contribution in [0.25, 0.3) is 0 Å². The molecule has 0 radical (unpaired) electrons. The first kappa shape index (κ1) is 38.3. The number of likely N-dealkylation sites (tertiary alicyclic amines) is 1. The van der Waals surface area contributed by atoms with Crippen LogP contribution in [0, 0.1) is 0 Å². The van der Waals surface area contributed by atoms with Crippen molar-refractivity contribution in [1.82, 2.24) is 14.9 Å². The highest BCUT2D eigenvalue weighted by atomic mass is 35.5. The summed E-state index contributed by atoms with van der Waals surface area (Å²) in [6, 6.07) is 12.2. The van der Waals surface area contributed by atoms with E-state index in [0.717, 1.165) is 11.1 Å². The van der Waals surface area contributed by atoms with Gasteiger partial charge >= 0.3 is 12.1 Å². The van der Waals surface area contributed by atoms with Gasteiger partial charge in [0.15, 0.2) is 5.96 Å². The molecule has 2 atom stereocenters. The number of nitrogens with two attached hydrogens (primary N) is 3. The second-order valence-corrected chi connectivity index (χ2v) is 12.4. The Morgan fingerprint density at radius 1 is 1.11 bits per heavy atom. The van der Waals surface area contributed by atoms with Crippen molar-refractivity contribution in [2.75, 3.05) is 13.1 Å². The number of nitrogens with zero attached hydrogens (tertiary/aromatic N) is 2. The number of carbonyl (C=O) groups excluding carboxylic acids is 2. The smallest absolute Gasteiger partial charge is 0.475 e. The van der Waals surface area contributed by atoms with Gasteiger partial charge in [-0.05, 0) is 54.5 Å². The van der Waals surface area contributed by atoms with E-state index in [4.69, 9.17) is 38.7 Å². The Hall–Kier alpha value is -3.93. The zero-order chi connectivity index (χ0) is 34.5. The van der Waals surface area contributed by atoms with E-state index in [9.17, 15) is 31.2 Å². The average molecular weight is 692 g/mol. The molecule has 1 heterocycles. The zero-order valence-electron chi connectivity index (χ0n) is 24.7. The number of hydrogen-bond donors (Lipinski definition) is 6. The first-order valence-electron chi connectivity index (χ1n) is 14.0. The number of halogens is 4. The molecule has 2 aromatic carbocycles. The van der Waals surface area contributed by atoms with E-state index in [-0.39, 0.29) is 37.1 Å². The van der Waals surface area contributed by atoms with E-state index in [1.807, 2.05) is 6.07 Å². The molecule has 1 fully saturated rings. The van der Waals surface area contributed by atoms with Crippen molar-refractivity contribution < 1.29 is 41.1 Å². The van der Waals surface area contributed by atoms with Gasteiger partial charge in [0.25, 0.3) is 0 Å². The molecule has 0 aromatic heterocycles. The number of benzene rings is 2. The van der Waals surface area contributed by atoms with Gasteiger partial charge in [0.1, 0.15) is 12.1 Å². The van der Waals surface area contributed by atoms with Crippen LogP contribution >= 0.6 is 11.6 Å². The Kier molecular flexibility index (Phi) is 14.7. The van der Waals surface area contributed by atoms with Crippen LogP contribution in [0.4, 0.5) is 13.2 Å². The Bertz CT molecular complexity index is 1480. The monoisotopic (exact) mass is 691 g/mol. The van der Waals surface area contributed by atoms with E-state index >= 15 is 0 Å². The normalized spacial score (nSPS) is 15.3. The van der Waals surface area contributed by atoms with Gasteiger partial charge in [0.2, 0.25) is 21.8 Å². The van der Waals surface area contributed by atoms with Crippen LogP contribution in [-0.2, 0) is 43.2 Å². The van der Waals surface area contributed by atoms with Gasteiger partial charge in [-0.3, -0.25) is 14.6 Å². The van der Waals surface area contributed by atoms with Gasteiger partial charge < -0.3 is 32.5 Å². The van der Waals surface area contributed by atoms with E-state index in [0.29, 0.717) is 42.9 Å². The van der Waals surface area contributed by atoms with Crippen LogP contribution in [0.2, 0.25) is 5.02 Å². The van der Waals surface area contributed by atoms with E-state index in [2.05, 4.69) is 15.0 Å². The molecule has 46 heavy (non-hydrogen) atoms. The van der Waals surface area contributed by atoms with Crippen LogP contribution in [-0.4, -0.2) is 73.5 Å². The summed E-state index contributed by atoms with van der Waals surface area (Å²) >= 11 is 6.10. The molecule has 18 heteroatoms. The Balaban J connectivity index is 0.000000942. The lowest BCUT2D eigenvalue weighted by Crippen LogP contribution is -2.53. The number of nitrogens with one attached hydrogen (secondary N) is 2. The summed E-state index contributed by atoms with van der Waals surface area (Å²) in [6.07, 6.45) is -3.47. The first-order valence-corrected chi connectivity index (χ1v) is 16.0. The highest BCUT2D eigenvalue weighted by molar-refractivity contribution is 7.88. The number of aliphatic carboxylic acids is 1. The number of rotatable bonds is 13. The van der Waals surface area contributed by atoms with Crippen molar-refractivity contribution in [1.29, 1.82) is 0 Å². The molecule has 0 unspecified atom stereocenters. The summed E-state index contributed by atoms with van der Waals surface area (Å²) in [4.78, 5) is 41.1. The molecule has 2 amide bonds. The number of hydrogen-bond acceptors (Lipinski definition) is 7. The number of sulfonamides is 1. The van der Waals surface area contributed by atoms with Crippen molar-refractivity contribution in [3.05, 3.63) is 70.2 Å². The van der Waals surface area contributed by atoms with Crippen molar-refractivity contribution in [2.45, 2.75) is 62.8 Å². The summed E-state index contributed by atoms with van der Waals surface area (Å²) in [5.41, 5.74) is 18.8. The van der Waals surface area contributed by atoms with Crippen molar-refractivity contribution in [3.63, 3.8) is 0 Å². The van der Waals surface area contributed by atoms with E-state index < -0.39 is 40.2 Å². The summed E-state index contributed by atoms with van der Waals surface area (Å²) in [6.45, 7) is 1.07. The average Bonchev–Trinajstić information content (AvgIpc) is 3.47. The molecular weight excluding hydrogens is 655 g/mol. The number of carboxylic acids is 1. The number of amides is 2. The summed E-state index contributed by atoms with van der Waals surface area (Å²) < 4.78 is 60.3. The quantitative estimate of drug-likeness (QED) is 0.102. The molecule has 1 aliphatic rings. The second-order valence-electron chi connectivity index (χ2n) is 10.2. The van der Waals surface area contributed by atoms with Gasteiger partial charge in [-0.1, -0.05) is 48.0 Å². The lowest BCUT2D eigenvalue weighted by Gasteiger charge is -2.29. The largest absolute Gasteiger partial charge is 0.490 e. The van der Waals surface area contributed by atoms with Crippen LogP contribution in [0.1, 0.15) is 42.4 Å². The fraction of sp³-hybridized carbons (Fsp3) is 0.429. The third-order valence-corrected chi connectivity index (χ3v) is 8.28. The minimum Gasteiger partial charge on any atom is -0.475 e.